The maximum Gasteiger partial charge on any atom is 0.146 e. The first-order valence-electron chi connectivity index (χ1n) is 7.54. The van der Waals surface area contributed by atoms with Gasteiger partial charge in [0.1, 0.15) is 5.82 Å². The number of piperidine rings is 1. The highest BCUT2D eigenvalue weighted by molar-refractivity contribution is 5.47. The maximum absolute atomic E-state index is 13.8. The predicted molar refractivity (Wildman–Crippen MR) is 79.2 cm³/mol. The number of nitrogens with zero attached hydrogens (tertiary/aromatic N) is 1. The Morgan fingerprint density at radius 3 is 2.84 bits per heavy atom. The molecule has 1 N–H and O–H groups in total. The van der Waals surface area contributed by atoms with Crippen molar-refractivity contribution >= 4 is 5.69 Å². The first-order valence-corrected chi connectivity index (χ1v) is 7.54. The summed E-state index contributed by atoms with van der Waals surface area (Å²) in [7, 11) is 0. The number of hydrogen-bond acceptors (Lipinski definition) is 2. The average molecular weight is 264 g/mol. The van der Waals surface area contributed by atoms with Crippen LogP contribution in [0.5, 0.6) is 0 Å². The summed E-state index contributed by atoms with van der Waals surface area (Å²) in [5.74, 6) is -0.111. The Hall–Kier alpha value is -1.09. The molecule has 0 bridgehead atoms. The van der Waals surface area contributed by atoms with E-state index in [4.69, 9.17) is 0 Å². The van der Waals surface area contributed by atoms with Gasteiger partial charge in [-0.25, -0.2) is 4.39 Å². The van der Waals surface area contributed by atoms with Crippen molar-refractivity contribution in [3.63, 3.8) is 0 Å². The Balaban J connectivity index is 1.81. The van der Waals surface area contributed by atoms with E-state index in [0.717, 1.165) is 31.7 Å². The van der Waals surface area contributed by atoms with Crippen molar-refractivity contribution in [1.82, 2.24) is 5.32 Å². The number of rotatable bonds is 6. The number of halogens is 1. The largest absolute Gasteiger partial charge is 0.369 e. The monoisotopic (exact) mass is 264 g/mol. The van der Waals surface area contributed by atoms with Crippen LogP contribution in [0.25, 0.3) is 0 Å². The lowest BCUT2D eigenvalue weighted by Gasteiger charge is -2.27. The molecule has 0 saturated carbocycles. The van der Waals surface area contributed by atoms with Crippen LogP contribution in [0.3, 0.4) is 0 Å². The van der Waals surface area contributed by atoms with Crippen LogP contribution in [0.4, 0.5) is 10.1 Å². The second-order valence-electron chi connectivity index (χ2n) is 5.32. The summed E-state index contributed by atoms with van der Waals surface area (Å²) in [5, 5.41) is 3.57. The molecule has 1 saturated heterocycles. The van der Waals surface area contributed by atoms with E-state index in [1.165, 1.54) is 25.7 Å². The lowest BCUT2D eigenvalue weighted by Crippen LogP contribution is -2.35. The molecular formula is C16H25FN2. The van der Waals surface area contributed by atoms with Crippen LogP contribution < -0.4 is 10.2 Å². The molecule has 1 aliphatic rings. The van der Waals surface area contributed by atoms with Crippen molar-refractivity contribution in [1.29, 1.82) is 0 Å². The number of para-hydroxylation sites is 1. The van der Waals surface area contributed by atoms with E-state index in [2.05, 4.69) is 17.1 Å². The molecule has 2 nitrogen and oxygen atoms in total. The Morgan fingerprint density at radius 1 is 1.32 bits per heavy atom. The predicted octanol–water partition coefficient (Wildman–Crippen LogP) is 3.57. The van der Waals surface area contributed by atoms with E-state index in [1.807, 2.05) is 12.1 Å². The quantitative estimate of drug-likeness (QED) is 0.845. The van der Waals surface area contributed by atoms with Crippen molar-refractivity contribution in [3.8, 4) is 0 Å². The number of hydrogen-bond donors (Lipinski definition) is 1. The van der Waals surface area contributed by atoms with Gasteiger partial charge >= 0.3 is 0 Å². The van der Waals surface area contributed by atoms with Crippen molar-refractivity contribution in [2.24, 2.45) is 0 Å². The minimum absolute atomic E-state index is 0.111. The summed E-state index contributed by atoms with van der Waals surface area (Å²) in [4.78, 5) is 2.14. The van der Waals surface area contributed by atoms with Gasteiger partial charge in [-0.05, 0) is 51.3 Å². The van der Waals surface area contributed by atoms with E-state index in [-0.39, 0.29) is 5.82 Å². The third kappa shape index (κ3) is 4.20. The van der Waals surface area contributed by atoms with E-state index in [0.29, 0.717) is 6.04 Å². The molecule has 1 aromatic rings. The van der Waals surface area contributed by atoms with Crippen LogP contribution in [-0.4, -0.2) is 25.7 Å². The third-order valence-electron chi connectivity index (χ3n) is 3.97. The zero-order valence-electron chi connectivity index (χ0n) is 11.9. The fourth-order valence-electron chi connectivity index (χ4n) is 2.86. The molecule has 1 heterocycles. The van der Waals surface area contributed by atoms with Crippen LogP contribution in [0.1, 0.15) is 39.0 Å². The van der Waals surface area contributed by atoms with Gasteiger partial charge in [-0.3, -0.25) is 0 Å². The first kappa shape index (κ1) is 14.3. The van der Waals surface area contributed by atoms with Gasteiger partial charge in [0, 0.05) is 19.1 Å². The van der Waals surface area contributed by atoms with E-state index in [9.17, 15) is 4.39 Å². The molecule has 3 heteroatoms. The molecule has 19 heavy (non-hydrogen) atoms. The van der Waals surface area contributed by atoms with Crippen molar-refractivity contribution < 1.29 is 4.39 Å². The molecule has 1 atom stereocenters. The summed E-state index contributed by atoms with van der Waals surface area (Å²) < 4.78 is 13.8. The van der Waals surface area contributed by atoms with Crippen molar-refractivity contribution in [2.45, 2.75) is 45.1 Å². The Bertz CT molecular complexity index is 375. The van der Waals surface area contributed by atoms with Gasteiger partial charge in [-0.2, -0.15) is 0 Å². The summed E-state index contributed by atoms with van der Waals surface area (Å²) >= 11 is 0. The maximum atomic E-state index is 13.8. The highest BCUT2D eigenvalue weighted by atomic mass is 19.1. The summed E-state index contributed by atoms with van der Waals surface area (Å²) in [5.41, 5.74) is 0.738. The lowest BCUT2D eigenvalue weighted by atomic mass is 10.0. The molecule has 1 aromatic carbocycles. The highest BCUT2D eigenvalue weighted by Crippen LogP contribution is 2.19. The Morgan fingerprint density at radius 2 is 2.16 bits per heavy atom. The third-order valence-corrected chi connectivity index (χ3v) is 3.97. The second kappa shape index (κ2) is 7.49. The molecule has 1 fully saturated rings. The molecule has 1 aliphatic heterocycles. The Labute approximate surface area is 116 Å². The fraction of sp³-hybridized carbons (Fsp3) is 0.625. The van der Waals surface area contributed by atoms with Gasteiger partial charge in [-0.15, -0.1) is 0 Å². The van der Waals surface area contributed by atoms with Gasteiger partial charge in [-0.1, -0.05) is 18.6 Å². The fourth-order valence-corrected chi connectivity index (χ4v) is 2.86. The summed E-state index contributed by atoms with van der Waals surface area (Å²) in [6.45, 7) is 5.05. The summed E-state index contributed by atoms with van der Waals surface area (Å²) in [6.07, 6.45) is 6.28. The molecule has 0 spiro atoms. The van der Waals surface area contributed by atoms with Gasteiger partial charge in [0.15, 0.2) is 0 Å². The van der Waals surface area contributed by atoms with Crippen LogP contribution in [-0.2, 0) is 0 Å². The molecule has 106 valence electrons. The van der Waals surface area contributed by atoms with Gasteiger partial charge in [0.2, 0.25) is 0 Å². The molecule has 0 amide bonds. The highest BCUT2D eigenvalue weighted by Gasteiger charge is 2.13. The molecule has 2 rings (SSSR count). The van der Waals surface area contributed by atoms with Crippen molar-refractivity contribution in [3.05, 3.63) is 30.1 Å². The number of nitrogens with one attached hydrogen (secondary N) is 1. The lowest BCUT2D eigenvalue weighted by molar-refractivity contribution is 0.376. The Kier molecular flexibility index (Phi) is 5.64. The van der Waals surface area contributed by atoms with Gasteiger partial charge < -0.3 is 10.2 Å². The topological polar surface area (TPSA) is 15.3 Å². The number of benzene rings is 1. The minimum atomic E-state index is -0.111. The van der Waals surface area contributed by atoms with E-state index in [1.54, 1.807) is 12.1 Å². The minimum Gasteiger partial charge on any atom is -0.369 e. The SMILES string of the molecule is CCN(CCCC1CCCCN1)c1ccccc1F. The number of anilines is 1. The van der Waals surface area contributed by atoms with E-state index >= 15 is 0 Å². The van der Waals surface area contributed by atoms with Crippen LogP contribution in [0.2, 0.25) is 0 Å². The van der Waals surface area contributed by atoms with Gasteiger partial charge in [0.05, 0.1) is 5.69 Å². The zero-order chi connectivity index (χ0) is 13.5. The normalized spacial score (nSPS) is 19.4. The van der Waals surface area contributed by atoms with E-state index < -0.39 is 0 Å². The zero-order valence-corrected chi connectivity index (χ0v) is 11.9. The second-order valence-corrected chi connectivity index (χ2v) is 5.32. The summed E-state index contributed by atoms with van der Waals surface area (Å²) in [6, 6.07) is 7.74. The van der Waals surface area contributed by atoms with Gasteiger partial charge in [0.25, 0.3) is 0 Å². The molecule has 0 radical (unpaired) electrons. The molecular weight excluding hydrogens is 239 g/mol. The van der Waals surface area contributed by atoms with Crippen LogP contribution >= 0.6 is 0 Å². The average Bonchev–Trinajstić information content (AvgIpc) is 2.46. The molecule has 0 aliphatic carbocycles. The molecule has 0 aromatic heterocycles. The standard InChI is InChI=1S/C16H25FN2/c1-2-19(16-11-4-3-10-15(16)17)13-7-9-14-8-5-6-12-18-14/h3-4,10-11,14,18H,2,5-9,12-13H2,1H3. The van der Waals surface area contributed by atoms with Crippen molar-refractivity contribution in [2.75, 3.05) is 24.5 Å². The van der Waals surface area contributed by atoms with Crippen LogP contribution in [0.15, 0.2) is 24.3 Å². The van der Waals surface area contributed by atoms with Crippen LogP contribution in [0, 0.1) is 5.82 Å². The first-order chi connectivity index (χ1) is 9.31. The molecule has 1 unspecified atom stereocenters. The smallest absolute Gasteiger partial charge is 0.146 e.